The second-order valence-corrected chi connectivity index (χ2v) is 5.72. The van der Waals surface area contributed by atoms with Crippen LogP contribution >= 0.6 is 0 Å². The predicted molar refractivity (Wildman–Crippen MR) is 95.8 cm³/mol. The van der Waals surface area contributed by atoms with Crippen molar-refractivity contribution in [3.05, 3.63) is 53.9 Å². The molecule has 4 heteroatoms. The second kappa shape index (κ2) is 9.16. The minimum atomic E-state index is 0.718. The fraction of sp³-hybridized carbons (Fsp3) is 0.421. The first-order valence-electron chi connectivity index (χ1n) is 8.26. The summed E-state index contributed by atoms with van der Waals surface area (Å²) in [7, 11) is 1.65. The van der Waals surface area contributed by atoms with Gasteiger partial charge in [0, 0.05) is 18.9 Å². The quantitative estimate of drug-likeness (QED) is 0.723. The van der Waals surface area contributed by atoms with Crippen molar-refractivity contribution in [2.45, 2.75) is 26.2 Å². The van der Waals surface area contributed by atoms with E-state index in [9.17, 15) is 0 Å². The molecule has 2 N–H and O–H groups in total. The van der Waals surface area contributed by atoms with E-state index in [1.54, 1.807) is 7.11 Å². The van der Waals surface area contributed by atoms with E-state index >= 15 is 0 Å². The minimum absolute atomic E-state index is 0.718. The molecule has 1 aromatic carbocycles. The lowest BCUT2D eigenvalue weighted by Gasteiger charge is -2.20. The fourth-order valence-corrected chi connectivity index (χ4v) is 2.71. The number of nitrogens with zero attached hydrogens (tertiary/aromatic N) is 2. The lowest BCUT2D eigenvalue weighted by atomic mass is 10.1. The summed E-state index contributed by atoms with van der Waals surface area (Å²) >= 11 is 0. The first-order valence-corrected chi connectivity index (χ1v) is 8.26. The van der Waals surface area contributed by atoms with Crippen LogP contribution in [0.5, 0.6) is 5.75 Å². The molecule has 2 rings (SSSR count). The van der Waals surface area contributed by atoms with Crippen LogP contribution < -0.4 is 10.5 Å². The Bertz CT molecular complexity index is 586. The zero-order chi connectivity index (χ0) is 16.5. The van der Waals surface area contributed by atoms with Crippen molar-refractivity contribution in [2.24, 2.45) is 0 Å². The van der Waals surface area contributed by atoms with E-state index in [1.807, 2.05) is 24.5 Å². The third-order valence-electron chi connectivity index (χ3n) is 4.15. The van der Waals surface area contributed by atoms with Crippen molar-refractivity contribution in [3.8, 4) is 5.75 Å². The number of ether oxygens (including phenoxy) is 1. The highest BCUT2D eigenvalue weighted by molar-refractivity contribution is 5.54. The second-order valence-electron chi connectivity index (χ2n) is 5.72. The Kier molecular flexibility index (Phi) is 6.88. The molecule has 0 amide bonds. The first-order chi connectivity index (χ1) is 11.2. The molecule has 0 radical (unpaired) electrons. The van der Waals surface area contributed by atoms with Gasteiger partial charge in [0.2, 0.25) is 0 Å². The molecule has 23 heavy (non-hydrogen) atoms. The highest BCUT2D eigenvalue weighted by Gasteiger charge is 2.05. The van der Waals surface area contributed by atoms with E-state index in [0.29, 0.717) is 0 Å². The summed E-state index contributed by atoms with van der Waals surface area (Å²) in [5.41, 5.74) is 9.30. The summed E-state index contributed by atoms with van der Waals surface area (Å²) in [6, 6.07) is 10.3. The van der Waals surface area contributed by atoms with Crippen molar-refractivity contribution >= 4 is 5.69 Å². The Morgan fingerprint density at radius 1 is 1.04 bits per heavy atom. The standard InChI is InChI=1S/C19H27N3O/c1-3-22(14-10-16-8-11-21-12-9-16)13-4-5-17-6-7-19(23-2)18(20)15-17/h6-9,11-12,15H,3-5,10,13-14,20H2,1-2H3. The van der Waals surface area contributed by atoms with Crippen LogP contribution in [0.15, 0.2) is 42.7 Å². The number of nitrogen functional groups attached to an aromatic ring is 1. The van der Waals surface area contributed by atoms with Crippen LogP contribution in [0.4, 0.5) is 5.69 Å². The van der Waals surface area contributed by atoms with Gasteiger partial charge in [-0.3, -0.25) is 4.98 Å². The number of anilines is 1. The number of benzene rings is 1. The monoisotopic (exact) mass is 313 g/mol. The van der Waals surface area contributed by atoms with Gasteiger partial charge in [0.1, 0.15) is 5.75 Å². The van der Waals surface area contributed by atoms with Crippen LogP contribution in [-0.4, -0.2) is 36.6 Å². The number of methoxy groups -OCH3 is 1. The molecule has 0 atom stereocenters. The van der Waals surface area contributed by atoms with E-state index < -0.39 is 0 Å². The van der Waals surface area contributed by atoms with Crippen LogP contribution in [0.2, 0.25) is 0 Å². The molecule has 0 bridgehead atoms. The Morgan fingerprint density at radius 3 is 2.48 bits per heavy atom. The number of pyridine rings is 1. The predicted octanol–water partition coefficient (Wildman–Crippen LogP) is 3.17. The minimum Gasteiger partial charge on any atom is -0.495 e. The topological polar surface area (TPSA) is 51.4 Å². The van der Waals surface area contributed by atoms with E-state index in [2.05, 4.69) is 35.0 Å². The summed E-state index contributed by atoms with van der Waals surface area (Å²) in [4.78, 5) is 6.56. The molecule has 0 spiro atoms. The molecule has 0 unspecified atom stereocenters. The van der Waals surface area contributed by atoms with Gasteiger partial charge in [0.05, 0.1) is 12.8 Å². The Morgan fingerprint density at radius 2 is 1.83 bits per heavy atom. The van der Waals surface area contributed by atoms with Gasteiger partial charge in [0.25, 0.3) is 0 Å². The SMILES string of the molecule is CCN(CCCc1ccc(OC)c(N)c1)CCc1ccncc1. The molecule has 0 aliphatic heterocycles. The Balaban J connectivity index is 1.76. The summed E-state index contributed by atoms with van der Waals surface area (Å²) < 4.78 is 5.20. The molecule has 0 saturated heterocycles. The number of rotatable bonds is 9. The van der Waals surface area contributed by atoms with Gasteiger partial charge in [-0.15, -0.1) is 0 Å². The average molecular weight is 313 g/mol. The van der Waals surface area contributed by atoms with Gasteiger partial charge in [-0.1, -0.05) is 13.0 Å². The number of hydrogen-bond donors (Lipinski definition) is 1. The van der Waals surface area contributed by atoms with E-state index in [-0.39, 0.29) is 0 Å². The summed E-state index contributed by atoms with van der Waals surface area (Å²) in [6.07, 6.45) is 6.97. The van der Waals surface area contributed by atoms with Crippen LogP contribution in [0.3, 0.4) is 0 Å². The van der Waals surface area contributed by atoms with Gasteiger partial charge in [-0.05, 0) is 67.7 Å². The number of likely N-dealkylation sites (N-methyl/N-ethyl adjacent to an activating group) is 1. The molecule has 4 nitrogen and oxygen atoms in total. The smallest absolute Gasteiger partial charge is 0.141 e. The van der Waals surface area contributed by atoms with Gasteiger partial charge >= 0.3 is 0 Å². The van der Waals surface area contributed by atoms with Crippen molar-refractivity contribution in [3.63, 3.8) is 0 Å². The zero-order valence-electron chi connectivity index (χ0n) is 14.2. The third kappa shape index (κ3) is 5.57. The molecular weight excluding hydrogens is 286 g/mol. The molecule has 0 fully saturated rings. The van der Waals surface area contributed by atoms with Gasteiger partial charge in [-0.25, -0.2) is 0 Å². The highest BCUT2D eigenvalue weighted by atomic mass is 16.5. The van der Waals surface area contributed by atoms with E-state index in [1.165, 1.54) is 11.1 Å². The van der Waals surface area contributed by atoms with Crippen molar-refractivity contribution < 1.29 is 4.74 Å². The maximum atomic E-state index is 5.96. The van der Waals surface area contributed by atoms with Crippen LogP contribution in [0, 0.1) is 0 Å². The zero-order valence-corrected chi connectivity index (χ0v) is 14.2. The average Bonchev–Trinajstić information content (AvgIpc) is 2.59. The molecule has 124 valence electrons. The van der Waals surface area contributed by atoms with Crippen molar-refractivity contribution in [1.82, 2.24) is 9.88 Å². The van der Waals surface area contributed by atoms with E-state index in [0.717, 1.165) is 50.3 Å². The molecular formula is C19H27N3O. The molecule has 0 aliphatic carbocycles. The molecule has 0 saturated carbocycles. The molecule has 1 heterocycles. The van der Waals surface area contributed by atoms with Gasteiger partial charge in [-0.2, -0.15) is 0 Å². The lowest BCUT2D eigenvalue weighted by Crippen LogP contribution is -2.27. The Labute approximate surface area is 139 Å². The van der Waals surface area contributed by atoms with E-state index in [4.69, 9.17) is 10.5 Å². The normalized spacial score (nSPS) is 10.9. The Hall–Kier alpha value is -2.07. The number of aromatic nitrogens is 1. The molecule has 0 aliphatic rings. The third-order valence-corrected chi connectivity index (χ3v) is 4.15. The van der Waals surface area contributed by atoms with Gasteiger partial charge < -0.3 is 15.4 Å². The van der Waals surface area contributed by atoms with Crippen LogP contribution in [-0.2, 0) is 12.8 Å². The van der Waals surface area contributed by atoms with Crippen molar-refractivity contribution in [1.29, 1.82) is 0 Å². The molecule has 1 aromatic heterocycles. The van der Waals surface area contributed by atoms with Crippen LogP contribution in [0.25, 0.3) is 0 Å². The molecule has 2 aromatic rings. The highest BCUT2D eigenvalue weighted by Crippen LogP contribution is 2.22. The summed E-state index contributed by atoms with van der Waals surface area (Å²) in [6.45, 7) is 5.49. The number of aryl methyl sites for hydroxylation is 1. The first kappa shape index (κ1) is 17.3. The number of nitrogens with two attached hydrogens (primary N) is 1. The van der Waals surface area contributed by atoms with Crippen molar-refractivity contribution in [2.75, 3.05) is 32.5 Å². The van der Waals surface area contributed by atoms with Crippen LogP contribution in [0.1, 0.15) is 24.5 Å². The fourth-order valence-electron chi connectivity index (χ4n) is 2.71. The summed E-state index contributed by atoms with van der Waals surface area (Å²) in [5, 5.41) is 0. The maximum absolute atomic E-state index is 5.96. The lowest BCUT2D eigenvalue weighted by molar-refractivity contribution is 0.288. The maximum Gasteiger partial charge on any atom is 0.141 e. The largest absolute Gasteiger partial charge is 0.495 e. The summed E-state index contributed by atoms with van der Waals surface area (Å²) in [5.74, 6) is 0.751. The number of hydrogen-bond acceptors (Lipinski definition) is 4. The van der Waals surface area contributed by atoms with Gasteiger partial charge in [0.15, 0.2) is 0 Å².